The Morgan fingerprint density at radius 3 is 2.38 bits per heavy atom. The fraction of sp³-hybridized carbons (Fsp3) is 0.391. The Hall–Kier alpha value is -2.56. The summed E-state index contributed by atoms with van der Waals surface area (Å²) in [6.45, 7) is 7.30. The van der Waals surface area contributed by atoms with Crippen molar-refractivity contribution in [1.29, 1.82) is 0 Å². The highest BCUT2D eigenvalue weighted by atomic mass is 35.5. The maximum atomic E-state index is 13.2. The number of alkyl carbamates (subject to hydrolysis) is 1. The molecule has 0 spiro atoms. The van der Waals surface area contributed by atoms with Gasteiger partial charge in [0.15, 0.2) is 0 Å². The highest BCUT2D eigenvalue weighted by molar-refractivity contribution is 6.56. The Morgan fingerprint density at radius 1 is 1.18 bits per heavy atom. The molecule has 2 heterocycles. The molecule has 1 saturated heterocycles. The molecule has 6 nitrogen and oxygen atoms in total. The summed E-state index contributed by atoms with van der Waals surface area (Å²) in [5, 5.41) is 2.46. The van der Waals surface area contributed by atoms with Crippen molar-refractivity contribution in [3.05, 3.63) is 69.9 Å². The van der Waals surface area contributed by atoms with Crippen molar-refractivity contribution in [2.75, 3.05) is 6.54 Å². The van der Waals surface area contributed by atoms with Crippen LogP contribution in [0.1, 0.15) is 44.4 Å². The Balaban J connectivity index is 1.83. The van der Waals surface area contributed by atoms with E-state index in [9.17, 15) is 18.0 Å². The van der Waals surface area contributed by atoms with E-state index in [2.05, 4.69) is 10.3 Å². The topological polar surface area (TPSA) is 69.7 Å². The lowest BCUT2D eigenvalue weighted by molar-refractivity contribution is -0.137. The van der Waals surface area contributed by atoms with Gasteiger partial charge in [0.2, 0.25) is 0 Å². The number of aromatic nitrogens is 1. The van der Waals surface area contributed by atoms with Crippen molar-refractivity contribution in [3.63, 3.8) is 0 Å². The van der Waals surface area contributed by atoms with E-state index < -0.39 is 36.2 Å². The van der Waals surface area contributed by atoms with Crippen LogP contribution >= 0.6 is 11.6 Å². The van der Waals surface area contributed by atoms with Crippen LogP contribution in [0, 0.1) is 0 Å². The Labute approximate surface area is 201 Å². The highest BCUT2D eigenvalue weighted by Crippen LogP contribution is 2.39. The Morgan fingerprint density at radius 2 is 1.79 bits per heavy atom. The summed E-state index contributed by atoms with van der Waals surface area (Å²) in [6.07, 6.45) is -3.26. The third-order valence-corrected chi connectivity index (χ3v) is 6.06. The van der Waals surface area contributed by atoms with Crippen LogP contribution in [0.3, 0.4) is 0 Å². The van der Waals surface area contributed by atoms with Crippen LogP contribution in [0.5, 0.6) is 0 Å². The minimum atomic E-state index is -4.59. The number of hydrogen-bond acceptors (Lipinski definition) is 5. The number of pyridine rings is 1. The van der Waals surface area contributed by atoms with Crippen molar-refractivity contribution >= 4 is 30.9 Å². The number of ether oxygens (including phenoxy) is 1. The molecule has 1 aliphatic heterocycles. The van der Waals surface area contributed by atoms with Crippen LogP contribution in [0.4, 0.5) is 18.0 Å². The predicted molar refractivity (Wildman–Crippen MR) is 123 cm³/mol. The van der Waals surface area contributed by atoms with E-state index >= 15 is 0 Å². The van der Waals surface area contributed by atoms with Crippen LogP contribution in [0.15, 0.2) is 48.1 Å². The molecule has 0 radical (unpaired) electrons. The van der Waals surface area contributed by atoms with Gasteiger partial charge in [0.25, 0.3) is 0 Å². The van der Waals surface area contributed by atoms with Gasteiger partial charge < -0.3 is 19.4 Å². The summed E-state index contributed by atoms with van der Waals surface area (Å²) in [7, 11) is -0.940. The van der Waals surface area contributed by atoms with Crippen LogP contribution in [-0.2, 0) is 26.8 Å². The quantitative estimate of drug-likeness (QED) is 0.411. The smallest absolute Gasteiger partial charge is 0.445 e. The van der Waals surface area contributed by atoms with Gasteiger partial charge in [0.1, 0.15) is 11.8 Å². The second-order valence-electron chi connectivity index (χ2n) is 8.82. The zero-order chi connectivity index (χ0) is 25.1. The number of amides is 1. The molecule has 3 rings (SSSR count). The van der Waals surface area contributed by atoms with E-state index in [1.807, 2.05) is 58.0 Å². The molecule has 2 aromatic rings. The molecule has 0 saturated carbocycles. The summed E-state index contributed by atoms with van der Waals surface area (Å²) >= 11 is 6.07. The molecule has 0 atom stereocenters. The monoisotopic (exact) mass is 496 g/mol. The van der Waals surface area contributed by atoms with Crippen molar-refractivity contribution < 1.29 is 32.0 Å². The van der Waals surface area contributed by atoms with Gasteiger partial charge in [0.05, 0.1) is 16.8 Å². The van der Waals surface area contributed by atoms with E-state index in [-0.39, 0.29) is 23.9 Å². The standard InChI is InChI=1S/C23H25BClF3N2O4/c1-21(2)22(3,4)34-24(33-21)18(11-16-10-17(23(26,27)28)12-29-19(16)25)13-30-20(31)32-14-15-8-6-5-7-9-15/h5-12H,13-14H2,1-4H3,(H,30,31). The first kappa shape index (κ1) is 26.1. The lowest BCUT2D eigenvalue weighted by Crippen LogP contribution is -2.41. The summed E-state index contributed by atoms with van der Waals surface area (Å²) in [5.41, 5.74) is -1.20. The van der Waals surface area contributed by atoms with E-state index in [1.54, 1.807) is 0 Å². The van der Waals surface area contributed by atoms with Gasteiger partial charge in [-0.05, 0) is 44.8 Å². The molecule has 1 fully saturated rings. The van der Waals surface area contributed by atoms with Gasteiger partial charge in [-0.3, -0.25) is 0 Å². The zero-order valence-electron chi connectivity index (χ0n) is 19.2. The maximum Gasteiger partial charge on any atom is 0.492 e. The van der Waals surface area contributed by atoms with Crippen molar-refractivity contribution in [1.82, 2.24) is 10.3 Å². The minimum Gasteiger partial charge on any atom is -0.445 e. The van der Waals surface area contributed by atoms with Crippen molar-refractivity contribution in [3.8, 4) is 0 Å². The van der Waals surface area contributed by atoms with Crippen molar-refractivity contribution in [2.45, 2.75) is 51.7 Å². The van der Waals surface area contributed by atoms with E-state index in [0.717, 1.165) is 11.6 Å². The van der Waals surface area contributed by atoms with Crippen LogP contribution < -0.4 is 5.32 Å². The van der Waals surface area contributed by atoms with E-state index in [1.165, 1.54) is 6.08 Å². The van der Waals surface area contributed by atoms with E-state index in [4.69, 9.17) is 25.6 Å². The van der Waals surface area contributed by atoms with E-state index in [0.29, 0.717) is 11.7 Å². The first-order valence-corrected chi connectivity index (χ1v) is 10.9. The number of alkyl halides is 3. The summed E-state index contributed by atoms with van der Waals surface area (Å²) < 4.78 is 56.9. The summed E-state index contributed by atoms with van der Waals surface area (Å²) in [6, 6.07) is 10.00. The molecule has 0 unspecified atom stereocenters. The van der Waals surface area contributed by atoms with Crippen molar-refractivity contribution in [2.24, 2.45) is 0 Å². The largest absolute Gasteiger partial charge is 0.492 e. The van der Waals surface area contributed by atoms with Gasteiger partial charge in [0, 0.05) is 18.3 Å². The van der Waals surface area contributed by atoms with Crippen LogP contribution in [-0.4, -0.2) is 35.9 Å². The second-order valence-corrected chi connectivity index (χ2v) is 9.18. The zero-order valence-corrected chi connectivity index (χ0v) is 20.0. The van der Waals surface area contributed by atoms with Gasteiger partial charge in [-0.1, -0.05) is 48.0 Å². The maximum absolute atomic E-state index is 13.2. The number of carbonyl (C=O) groups excluding carboxylic acids is 1. The predicted octanol–water partition coefficient (Wildman–Crippen LogP) is 5.70. The summed E-state index contributed by atoms with van der Waals surface area (Å²) in [5.74, 6) is 0. The molecule has 1 amide bonds. The van der Waals surface area contributed by atoms with Crippen LogP contribution in [0.2, 0.25) is 5.15 Å². The average Bonchev–Trinajstić information content (AvgIpc) is 2.97. The molecule has 1 aliphatic rings. The SMILES string of the molecule is CC1(C)OB(C(=Cc2cc(C(F)(F)F)cnc2Cl)CNC(=O)OCc2ccccc2)OC1(C)C. The third kappa shape index (κ3) is 6.31. The number of nitrogens with zero attached hydrogens (tertiary/aromatic N) is 1. The molecule has 0 aliphatic carbocycles. The summed E-state index contributed by atoms with van der Waals surface area (Å²) in [4.78, 5) is 15.9. The van der Waals surface area contributed by atoms with Gasteiger partial charge in [-0.2, -0.15) is 13.2 Å². The molecular formula is C23H25BClF3N2O4. The number of carbonyl (C=O) groups is 1. The molecule has 1 N–H and O–H groups in total. The third-order valence-electron chi connectivity index (χ3n) is 5.74. The molecule has 34 heavy (non-hydrogen) atoms. The lowest BCUT2D eigenvalue weighted by atomic mass is 9.77. The molecule has 182 valence electrons. The molecule has 0 bridgehead atoms. The number of nitrogens with one attached hydrogen (secondary N) is 1. The highest BCUT2D eigenvalue weighted by Gasteiger charge is 2.52. The Bertz CT molecular complexity index is 1050. The average molecular weight is 497 g/mol. The Kier molecular flexibility index (Phi) is 7.64. The molecule has 1 aromatic carbocycles. The number of halogens is 4. The number of hydrogen-bond donors (Lipinski definition) is 1. The molecule has 1 aromatic heterocycles. The lowest BCUT2D eigenvalue weighted by Gasteiger charge is -2.32. The first-order chi connectivity index (χ1) is 15.8. The molecule has 11 heteroatoms. The molecular weight excluding hydrogens is 472 g/mol. The normalized spacial score (nSPS) is 17.5. The second kappa shape index (κ2) is 9.97. The van der Waals surface area contributed by atoms with Gasteiger partial charge >= 0.3 is 19.4 Å². The number of benzene rings is 1. The fourth-order valence-corrected chi connectivity index (χ4v) is 3.22. The van der Waals surface area contributed by atoms with Gasteiger partial charge in [-0.15, -0.1) is 0 Å². The van der Waals surface area contributed by atoms with Crippen LogP contribution in [0.25, 0.3) is 6.08 Å². The first-order valence-electron chi connectivity index (χ1n) is 10.5. The fourth-order valence-electron chi connectivity index (χ4n) is 3.07. The number of rotatable bonds is 6. The minimum absolute atomic E-state index is 0.0145. The van der Waals surface area contributed by atoms with Gasteiger partial charge in [-0.25, -0.2) is 9.78 Å².